The van der Waals surface area contributed by atoms with E-state index < -0.39 is 5.82 Å². The Hall–Kier alpha value is -2.48. The summed E-state index contributed by atoms with van der Waals surface area (Å²) < 4.78 is 25.6. The summed E-state index contributed by atoms with van der Waals surface area (Å²) in [4.78, 5) is 14.6. The Balaban J connectivity index is 1.84. The highest BCUT2D eigenvalue weighted by Gasteiger charge is 2.34. The van der Waals surface area contributed by atoms with E-state index >= 15 is 0 Å². The van der Waals surface area contributed by atoms with Crippen LogP contribution in [-0.2, 0) is 29.4 Å². The monoisotopic (exact) mass is 348 g/mol. The van der Waals surface area contributed by atoms with Crippen LogP contribution in [0.2, 0.25) is 0 Å². The highest BCUT2D eigenvalue weighted by molar-refractivity contribution is 5.80. The number of methoxy groups -OCH3 is 2. The average Bonchev–Trinajstić information content (AvgIpc) is 2.98. The van der Waals surface area contributed by atoms with Gasteiger partial charge in [-0.1, -0.05) is 11.3 Å². The van der Waals surface area contributed by atoms with Gasteiger partial charge in [-0.15, -0.1) is 5.10 Å². The number of benzene rings is 1. The molecule has 8 heteroatoms. The van der Waals surface area contributed by atoms with Crippen molar-refractivity contribution in [1.82, 2.24) is 19.9 Å². The molecule has 1 aromatic carbocycles. The van der Waals surface area contributed by atoms with Crippen molar-refractivity contribution in [3.05, 3.63) is 41.0 Å². The number of aromatic nitrogens is 3. The lowest BCUT2D eigenvalue weighted by Gasteiger charge is -2.34. The number of carbonyl (C=O) groups excluding carboxylic acids is 1. The van der Waals surface area contributed by atoms with Gasteiger partial charge in [-0.2, -0.15) is 0 Å². The molecule has 0 saturated heterocycles. The maximum absolute atomic E-state index is 13.3. The van der Waals surface area contributed by atoms with Gasteiger partial charge in [0, 0.05) is 38.8 Å². The van der Waals surface area contributed by atoms with Crippen molar-refractivity contribution in [2.45, 2.75) is 18.9 Å². The van der Waals surface area contributed by atoms with Crippen LogP contribution in [0, 0.1) is 5.82 Å². The second kappa shape index (κ2) is 7.18. The summed E-state index contributed by atoms with van der Waals surface area (Å²) >= 11 is 0. The fourth-order valence-corrected chi connectivity index (χ4v) is 3.23. The first-order valence-corrected chi connectivity index (χ1v) is 8.04. The fourth-order valence-electron chi connectivity index (χ4n) is 3.23. The van der Waals surface area contributed by atoms with Crippen LogP contribution in [0.3, 0.4) is 0 Å². The predicted molar refractivity (Wildman–Crippen MR) is 87.7 cm³/mol. The van der Waals surface area contributed by atoms with Crippen LogP contribution in [0.25, 0.3) is 0 Å². The van der Waals surface area contributed by atoms with E-state index in [-0.39, 0.29) is 18.4 Å². The van der Waals surface area contributed by atoms with Crippen LogP contribution in [0.15, 0.2) is 18.2 Å². The molecule has 2 aromatic rings. The summed E-state index contributed by atoms with van der Waals surface area (Å²) in [5.74, 6) is -0.107. The van der Waals surface area contributed by atoms with E-state index in [9.17, 15) is 9.18 Å². The number of carbonyl (C=O) groups is 1. The second-order valence-electron chi connectivity index (χ2n) is 5.99. The van der Waals surface area contributed by atoms with E-state index in [1.54, 1.807) is 22.8 Å². The zero-order valence-electron chi connectivity index (χ0n) is 14.5. The van der Waals surface area contributed by atoms with Gasteiger partial charge in [0.2, 0.25) is 5.91 Å². The SMILES string of the molecule is COCC1c2nnn(C)c2CCN1C(=O)Cc1ccc(F)cc1OC. The van der Waals surface area contributed by atoms with Crippen LogP contribution in [0.1, 0.15) is 23.0 Å². The summed E-state index contributed by atoms with van der Waals surface area (Å²) in [5, 5.41) is 8.26. The lowest BCUT2D eigenvalue weighted by atomic mass is 10.0. The number of hydrogen-bond acceptors (Lipinski definition) is 5. The maximum atomic E-state index is 13.3. The number of rotatable bonds is 5. The number of aryl methyl sites for hydroxylation is 1. The Labute approximate surface area is 145 Å². The number of halogens is 1. The Morgan fingerprint density at radius 1 is 1.40 bits per heavy atom. The van der Waals surface area contributed by atoms with Gasteiger partial charge < -0.3 is 14.4 Å². The molecule has 0 spiro atoms. The summed E-state index contributed by atoms with van der Waals surface area (Å²) in [6.45, 7) is 0.905. The minimum Gasteiger partial charge on any atom is -0.496 e. The third kappa shape index (κ3) is 3.34. The molecule has 0 bridgehead atoms. The molecule has 2 heterocycles. The summed E-state index contributed by atoms with van der Waals surface area (Å²) in [5.41, 5.74) is 2.44. The normalized spacial score (nSPS) is 16.6. The molecule has 3 rings (SSSR count). The van der Waals surface area contributed by atoms with Gasteiger partial charge in [0.05, 0.1) is 25.8 Å². The zero-order valence-corrected chi connectivity index (χ0v) is 14.5. The van der Waals surface area contributed by atoms with Gasteiger partial charge in [0.1, 0.15) is 23.3 Å². The standard InChI is InChI=1S/C17H21FN4O3/c1-21-13-6-7-22(14(10-24-2)17(13)19-20-21)16(23)8-11-4-5-12(18)9-15(11)25-3/h4-5,9,14H,6-8,10H2,1-3H3. The molecular formula is C17H21FN4O3. The van der Waals surface area contributed by atoms with E-state index in [1.807, 2.05) is 7.05 Å². The molecule has 1 aromatic heterocycles. The zero-order chi connectivity index (χ0) is 18.0. The molecule has 0 radical (unpaired) electrons. The fraction of sp³-hybridized carbons (Fsp3) is 0.471. The third-order valence-corrected chi connectivity index (χ3v) is 4.49. The first-order chi connectivity index (χ1) is 12.0. The Morgan fingerprint density at radius 3 is 2.92 bits per heavy atom. The molecule has 1 aliphatic rings. The van der Waals surface area contributed by atoms with Crippen molar-refractivity contribution < 1.29 is 18.7 Å². The quantitative estimate of drug-likeness (QED) is 0.814. The number of fused-ring (bicyclic) bond motifs is 1. The van der Waals surface area contributed by atoms with Crippen LogP contribution >= 0.6 is 0 Å². The average molecular weight is 348 g/mol. The smallest absolute Gasteiger partial charge is 0.227 e. The minimum atomic E-state index is -0.396. The van der Waals surface area contributed by atoms with Crippen molar-refractivity contribution in [2.75, 3.05) is 27.4 Å². The van der Waals surface area contributed by atoms with E-state index in [0.717, 1.165) is 11.4 Å². The van der Waals surface area contributed by atoms with E-state index in [1.165, 1.54) is 19.2 Å². The predicted octanol–water partition coefficient (Wildman–Crippen LogP) is 1.28. The number of ether oxygens (including phenoxy) is 2. The van der Waals surface area contributed by atoms with Crippen LogP contribution in [0.4, 0.5) is 4.39 Å². The minimum absolute atomic E-state index is 0.0803. The largest absolute Gasteiger partial charge is 0.496 e. The molecule has 1 atom stereocenters. The molecule has 1 aliphatic heterocycles. The topological polar surface area (TPSA) is 69.5 Å². The van der Waals surface area contributed by atoms with Gasteiger partial charge >= 0.3 is 0 Å². The van der Waals surface area contributed by atoms with E-state index in [4.69, 9.17) is 9.47 Å². The van der Waals surface area contributed by atoms with Gasteiger partial charge in [0.25, 0.3) is 0 Å². The highest BCUT2D eigenvalue weighted by atomic mass is 19.1. The number of amides is 1. The number of nitrogens with zero attached hydrogens (tertiary/aromatic N) is 4. The summed E-state index contributed by atoms with van der Waals surface area (Å²) in [6.07, 6.45) is 0.810. The first kappa shape index (κ1) is 17.3. The molecule has 25 heavy (non-hydrogen) atoms. The Bertz CT molecular complexity index is 777. The highest BCUT2D eigenvalue weighted by Crippen LogP contribution is 2.29. The van der Waals surface area contributed by atoms with Crippen LogP contribution in [-0.4, -0.2) is 53.2 Å². The molecule has 0 saturated carbocycles. The summed E-state index contributed by atoms with van der Waals surface area (Å²) in [7, 11) is 4.90. The van der Waals surface area contributed by atoms with Crippen molar-refractivity contribution in [1.29, 1.82) is 0 Å². The van der Waals surface area contributed by atoms with Gasteiger partial charge in [-0.05, 0) is 6.07 Å². The van der Waals surface area contributed by atoms with Crippen molar-refractivity contribution >= 4 is 5.91 Å². The van der Waals surface area contributed by atoms with Gasteiger partial charge in [-0.3, -0.25) is 9.48 Å². The lowest BCUT2D eigenvalue weighted by molar-refractivity contribution is -0.134. The van der Waals surface area contributed by atoms with Gasteiger partial charge in [-0.25, -0.2) is 4.39 Å². The summed E-state index contributed by atoms with van der Waals surface area (Å²) in [6, 6.07) is 3.91. The van der Waals surface area contributed by atoms with Gasteiger partial charge in [0.15, 0.2) is 0 Å². The molecule has 1 amide bonds. The molecule has 7 nitrogen and oxygen atoms in total. The molecule has 134 valence electrons. The Morgan fingerprint density at radius 2 is 2.20 bits per heavy atom. The van der Waals surface area contributed by atoms with Crippen molar-refractivity contribution in [3.8, 4) is 5.75 Å². The van der Waals surface area contributed by atoms with Crippen molar-refractivity contribution in [3.63, 3.8) is 0 Å². The first-order valence-electron chi connectivity index (χ1n) is 8.04. The third-order valence-electron chi connectivity index (χ3n) is 4.49. The maximum Gasteiger partial charge on any atom is 0.227 e. The van der Waals surface area contributed by atoms with Crippen molar-refractivity contribution in [2.24, 2.45) is 7.05 Å². The molecule has 0 N–H and O–H groups in total. The molecule has 1 unspecified atom stereocenters. The van der Waals surface area contributed by atoms with E-state index in [2.05, 4.69) is 10.3 Å². The number of hydrogen-bond donors (Lipinski definition) is 0. The second-order valence-corrected chi connectivity index (χ2v) is 5.99. The van der Waals surface area contributed by atoms with E-state index in [0.29, 0.717) is 30.9 Å². The molecule has 0 aliphatic carbocycles. The Kier molecular flexibility index (Phi) is 4.98. The molecular weight excluding hydrogens is 327 g/mol. The van der Waals surface area contributed by atoms with Crippen LogP contribution < -0.4 is 4.74 Å². The lowest BCUT2D eigenvalue weighted by Crippen LogP contribution is -2.43. The van der Waals surface area contributed by atoms with Crippen LogP contribution in [0.5, 0.6) is 5.75 Å². The molecule has 0 fully saturated rings.